The zero-order chi connectivity index (χ0) is 20.9. The topological polar surface area (TPSA) is 18.5 Å². The normalized spacial score (nSPS) is 20.3. The predicted molar refractivity (Wildman–Crippen MR) is 121 cm³/mol. The minimum Gasteiger partial charge on any atom is -0.493 e. The van der Waals surface area contributed by atoms with Gasteiger partial charge >= 0.3 is 0 Å². The first-order valence-corrected chi connectivity index (χ1v) is 11.3. The molecule has 158 valence electrons. The van der Waals surface area contributed by atoms with Crippen LogP contribution >= 0.6 is 0 Å². The van der Waals surface area contributed by atoms with E-state index >= 15 is 0 Å². The molecule has 2 atom stereocenters. The van der Waals surface area contributed by atoms with Gasteiger partial charge in [0, 0.05) is 5.56 Å². The first-order valence-electron chi connectivity index (χ1n) is 11.3. The third-order valence-electron chi connectivity index (χ3n) is 6.29. The summed E-state index contributed by atoms with van der Waals surface area (Å²) in [6.45, 7) is 18.5. The number of fused-ring (bicyclic) bond motifs is 1. The summed E-state index contributed by atoms with van der Waals surface area (Å²) in [5.74, 6) is 3.70. The number of allylic oxidation sites excluding steroid dienone is 1. The van der Waals surface area contributed by atoms with Crippen LogP contribution < -0.4 is 9.47 Å². The summed E-state index contributed by atoms with van der Waals surface area (Å²) in [4.78, 5) is 0. The summed E-state index contributed by atoms with van der Waals surface area (Å²) in [6, 6.07) is 0. The molecule has 0 saturated carbocycles. The van der Waals surface area contributed by atoms with E-state index in [1.165, 1.54) is 41.5 Å². The number of hydrogen-bond donors (Lipinski definition) is 0. The molecule has 0 N–H and O–H groups in total. The summed E-state index contributed by atoms with van der Waals surface area (Å²) in [5.41, 5.74) is 4.82. The van der Waals surface area contributed by atoms with Crippen LogP contribution in [0.15, 0.2) is 12.2 Å². The van der Waals surface area contributed by atoms with Crippen LogP contribution in [0.3, 0.4) is 0 Å². The lowest BCUT2D eigenvalue weighted by Gasteiger charge is -2.36. The van der Waals surface area contributed by atoms with Crippen molar-refractivity contribution in [3.05, 3.63) is 34.4 Å². The van der Waals surface area contributed by atoms with Crippen LogP contribution in [0.5, 0.6) is 11.5 Å². The quantitative estimate of drug-likeness (QED) is 0.409. The highest BCUT2D eigenvalue weighted by Crippen LogP contribution is 2.44. The van der Waals surface area contributed by atoms with E-state index in [1.54, 1.807) is 0 Å². The van der Waals surface area contributed by atoms with Gasteiger partial charge in [0.15, 0.2) is 0 Å². The molecule has 0 radical (unpaired) electrons. The molecule has 0 saturated heterocycles. The molecule has 0 fully saturated rings. The average Bonchev–Trinajstić information content (AvgIpc) is 2.63. The first-order chi connectivity index (χ1) is 13.2. The molecule has 2 rings (SSSR count). The van der Waals surface area contributed by atoms with Gasteiger partial charge in [0.2, 0.25) is 0 Å². The Labute approximate surface area is 173 Å². The second kappa shape index (κ2) is 9.85. The Kier molecular flexibility index (Phi) is 8.04. The van der Waals surface area contributed by atoms with Crippen molar-refractivity contribution < 1.29 is 9.47 Å². The van der Waals surface area contributed by atoms with E-state index in [0.29, 0.717) is 6.61 Å². The van der Waals surface area contributed by atoms with Crippen LogP contribution in [-0.2, 0) is 6.42 Å². The van der Waals surface area contributed by atoms with E-state index in [-0.39, 0.29) is 5.60 Å². The molecule has 2 heteroatoms. The Morgan fingerprint density at radius 1 is 1.07 bits per heavy atom. The maximum atomic E-state index is 6.60. The van der Waals surface area contributed by atoms with Crippen molar-refractivity contribution in [2.24, 2.45) is 11.8 Å². The number of rotatable bonds is 9. The predicted octanol–water partition coefficient (Wildman–Crippen LogP) is 7.50. The fourth-order valence-electron chi connectivity index (χ4n) is 4.27. The molecule has 0 aliphatic carbocycles. The Balaban J connectivity index is 2.07. The van der Waals surface area contributed by atoms with E-state index in [2.05, 4.69) is 67.5 Å². The van der Waals surface area contributed by atoms with Gasteiger partial charge in [0.1, 0.15) is 17.1 Å². The summed E-state index contributed by atoms with van der Waals surface area (Å²) in [6.07, 6.45) is 11.9. The van der Waals surface area contributed by atoms with Crippen LogP contribution in [-0.4, -0.2) is 12.2 Å². The minimum absolute atomic E-state index is 0.207. The Hall–Kier alpha value is -1.44. The highest BCUT2D eigenvalue weighted by molar-refractivity contribution is 5.59. The molecule has 1 heterocycles. The van der Waals surface area contributed by atoms with Gasteiger partial charge in [-0.25, -0.2) is 0 Å². The molecular formula is C26H42O2. The zero-order valence-corrected chi connectivity index (χ0v) is 19.6. The standard InChI is InChI=1S/C26H42O2/c1-9-27-24-20(5)21(6)25-23(22(24)7)15-17-26(8,28-25)16-11-14-19(4)13-10-12-18(2)3/h11,16,18-19H,9-10,12-15,17H2,1-8H3/b16-11+. The van der Waals surface area contributed by atoms with E-state index < -0.39 is 0 Å². The lowest BCUT2D eigenvalue weighted by Crippen LogP contribution is -2.35. The maximum absolute atomic E-state index is 6.60. The molecule has 2 nitrogen and oxygen atoms in total. The van der Waals surface area contributed by atoms with Gasteiger partial charge in [-0.2, -0.15) is 0 Å². The van der Waals surface area contributed by atoms with E-state index in [1.807, 2.05) is 0 Å². The molecule has 0 spiro atoms. The third-order valence-corrected chi connectivity index (χ3v) is 6.29. The SMILES string of the molecule is CCOc1c(C)c(C)c2c(c1C)CCC(C)(/C=C/CC(C)CCCC(C)C)O2. The molecule has 0 aromatic heterocycles. The van der Waals surface area contributed by atoms with Gasteiger partial charge in [0.25, 0.3) is 0 Å². The molecule has 0 bridgehead atoms. The molecular weight excluding hydrogens is 344 g/mol. The number of ether oxygens (including phenoxy) is 2. The van der Waals surface area contributed by atoms with Crippen molar-refractivity contribution in [1.82, 2.24) is 0 Å². The van der Waals surface area contributed by atoms with Crippen LogP contribution in [0.2, 0.25) is 0 Å². The fourth-order valence-corrected chi connectivity index (χ4v) is 4.27. The second-order valence-electron chi connectivity index (χ2n) is 9.43. The lowest BCUT2D eigenvalue weighted by molar-refractivity contribution is 0.112. The van der Waals surface area contributed by atoms with Crippen molar-refractivity contribution in [2.45, 2.75) is 99.5 Å². The van der Waals surface area contributed by atoms with Gasteiger partial charge in [0.05, 0.1) is 6.61 Å². The van der Waals surface area contributed by atoms with Crippen LogP contribution in [0.1, 0.15) is 89.0 Å². The van der Waals surface area contributed by atoms with Crippen LogP contribution in [0, 0.1) is 32.6 Å². The van der Waals surface area contributed by atoms with Crippen molar-refractivity contribution >= 4 is 0 Å². The second-order valence-corrected chi connectivity index (χ2v) is 9.43. The monoisotopic (exact) mass is 386 g/mol. The van der Waals surface area contributed by atoms with Crippen LogP contribution in [0.25, 0.3) is 0 Å². The summed E-state index contributed by atoms with van der Waals surface area (Å²) >= 11 is 0. The highest BCUT2D eigenvalue weighted by atomic mass is 16.5. The van der Waals surface area contributed by atoms with Crippen molar-refractivity contribution in [3.8, 4) is 11.5 Å². The Morgan fingerprint density at radius 3 is 2.43 bits per heavy atom. The fraction of sp³-hybridized carbons (Fsp3) is 0.692. The molecule has 1 aromatic rings. The zero-order valence-electron chi connectivity index (χ0n) is 19.6. The molecule has 28 heavy (non-hydrogen) atoms. The van der Waals surface area contributed by atoms with E-state index in [9.17, 15) is 0 Å². The Morgan fingerprint density at radius 2 is 1.79 bits per heavy atom. The van der Waals surface area contributed by atoms with Crippen molar-refractivity contribution in [3.63, 3.8) is 0 Å². The van der Waals surface area contributed by atoms with Gasteiger partial charge in [-0.15, -0.1) is 0 Å². The van der Waals surface area contributed by atoms with Crippen molar-refractivity contribution in [1.29, 1.82) is 0 Å². The van der Waals surface area contributed by atoms with Crippen molar-refractivity contribution in [2.75, 3.05) is 6.61 Å². The van der Waals surface area contributed by atoms with Gasteiger partial charge in [-0.3, -0.25) is 0 Å². The van der Waals surface area contributed by atoms with Gasteiger partial charge < -0.3 is 9.47 Å². The number of hydrogen-bond acceptors (Lipinski definition) is 2. The van der Waals surface area contributed by atoms with Gasteiger partial charge in [-0.1, -0.05) is 46.1 Å². The lowest BCUT2D eigenvalue weighted by atomic mass is 9.86. The summed E-state index contributed by atoms with van der Waals surface area (Å²) in [5, 5.41) is 0. The van der Waals surface area contributed by atoms with Gasteiger partial charge in [-0.05, 0) is 88.5 Å². The average molecular weight is 387 g/mol. The van der Waals surface area contributed by atoms with Crippen LogP contribution in [0.4, 0.5) is 0 Å². The maximum Gasteiger partial charge on any atom is 0.127 e. The molecule has 1 aromatic carbocycles. The number of benzene rings is 1. The molecule has 2 unspecified atom stereocenters. The minimum atomic E-state index is -0.207. The smallest absolute Gasteiger partial charge is 0.127 e. The highest BCUT2D eigenvalue weighted by Gasteiger charge is 2.32. The summed E-state index contributed by atoms with van der Waals surface area (Å²) < 4.78 is 12.5. The summed E-state index contributed by atoms with van der Waals surface area (Å²) in [7, 11) is 0. The molecule has 0 amide bonds. The van der Waals surface area contributed by atoms with E-state index in [4.69, 9.17) is 9.47 Å². The molecule has 1 aliphatic rings. The largest absolute Gasteiger partial charge is 0.493 e. The third kappa shape index (κ3) is 5.55. The first kappa shape index (κ1) is 22.8. The van der Waals surface area contributed by atoms with E-state index in [0.717, 1.165) is 42.6 Å². The Bertz CT molecular complexity index is 686. The molecule has 1 aliphatic heterocycles.